The van der Waals surface area contributed by atoms with Crippen LogP contribution in [0.4, 0.5) is 0 Å². The lowest BCUT2D eigenvalue weighted by Crippen LogP contribution is -2.39. The highest BCUT2D eigenvalue weighted by Gasteiger charge is 2.40. The molecule has 4 heteroatoms. The largest absolute Gasteiger partial charge is 0.370 e. The zero-order chi connectivity index (χ0) is 12.4. The molecular weight excluding hydrogens is 228 g/mol. The maximum Gasteiger partial charge on any atom is 0.221 e. The molecule has 102 valence electrons. The number of nitrogens with one attached hydrogen (secondary N) is 2. The molecule has 3 aliphatic rings. The molecule has 2 saturated heterocycles. The van der Waals surface area contributed by atoms with Gasteiger partial charge in [0, 0.05) is 25.6 Å². The fraction of sp³-hybridized carbons (Fsp3) is 0.929. The second-order valence-electron chi connectivity index (χ2n) is 6.14. The van der Waals surface area contributed by atoms with Crippen LogP contribution in [0.15, 0.2) is 0 Å². The molecule has 0 aromatic heterocycles. The quantitative estimate of drug-likeness (QED) is 0.797. The van der Waals surface area contributed by atoms with Crippen LogP contribution >= 0.6 is 0 Å². The van der Waals surface area contributed by atoms with Gasteiger partial charge in [0.1, 0.15) is 0 Å². The van der Waals surface area contributed by atoms with E-state index in [0.29, 0.717) is 18.6 Å². The molecule has 2 heterocycles. The molecule has 1 amide bonds. The van der Waals surface area contributed by atoms with E-state index in [1.165, 1.54) is 44.9 Å². The van der Waals surface area contributed by atoms with Crippen LogP contribution in [0.2, 0.25) is 0 Å². The predicted molar refractivity (Wildman–Crippen MR) is 69.3 cm³/mol. The summed E-state index contributed by atoms with van der Waals surface area (Å²) in [7, 11) is 0. The van der Waals surface area contributed by atoms with E-state index < -0.39 is 0 Å². The smallest absolute Gasteiger partial charge is 0.221 e. The van der Waals surface area contributed by atoms with Gasteiger partial charge in [-0.25, -0.2) is 0 Å². The van der Waals surface area contributed by atoms with Crippen LogP contribution in [-0.4, -0.2) is 36.7 Å². The van der Waals surface area contributed by atoms with Crippen molar-refractivity contribution >= 4 is 5.91 Å². The van der Waals surface area contributed by atoms with Crippen LogP contribution in [0, 0.1) is 0 Å². The third-order valence-electron chi connectivity index (χ3n) is 4.72. The highest BCUT2D eigenvalue weighted by molar-refractivity contribution is 5.78. The fourth-order valence-electron chi connectivity index (χ4n) is 3.65. The van der Waals surface area contributed by atoms with Crippen molar-refractivity contribution in [1.82, 2.24) is 10.6 Å². The Morgan fingerprint density at radius 2 is 2.11 bits per heavy atom. The topological polar surface area (TPSA) is 50.4 Å². The Morgan fingerprint density at radius 1 is 1.28 bits per heavy atom. The van der Waals surface area contributed by atoms with Crippen molar-refractivity contribution < 1.29 is 9.53 Å². The van der Waals surface area contributed by atoms with Crippen LogP contribution in [-0.2, 0) is 9.53 Å². The van der Waals surface area contributed by atoms with Gasteiger partial charge in [0.05, 0.1) is 11.7 Å². The van der Waals surface area contributed by atoms with Gasteiger partial charge < -0.3 is 15.4 Å². The van der Waals surface area contributed by atoms with Crippen molar-refractivity contribution in [3.05, 3.63) is 0 Å². The van der Waals surface area contributed by atoms with Gasteiger partial charge in [0.15, 0.2) is 0 Å². The van der Waals surface area contributed by atoms with E-state index in [1.54, 1.807) is 0 Å². The summed E-state index contributed by atoms with van der Waals surface area (Å²) < 4.78 is 6.31. The second kappa shape index (κ2) is 5.17. The first-order chi connectivity index (χ1) is 8.76. The van der Waals surface area contributed by atoms with E-state index in [9.17, 15) is 4.79 Å². The van der Waals surface area contributed by atoms with Gasteiger partial charge in [-0.2, -0.15) is 0 Å². The maximum atomic E-state index is 11.1. The van der Waals surface area contributed by atoms with Crippen LogP contribution in [0.1, 0.15) is 51.4 Å². The van der Waals surface area contributed by atoms with Gasteiger partial charge >= 0.3 is 0 Å². The van der Waals surface area contributed by atoms with Crippen molar-refractivity contribution in [1.29, 1.82) is 0 Å². The summed E-state index contributed by atoms with van der Waals surface area (Å²) in [4.78, 5) is 11.1. The van der Waals surface area contributed by atoms with Crippen LogP contribution in [0.25, 0.3) is 0 Å². The summed E-state index contributed by atoms with van der Waals surface area (Å²) in [5.74, 6) is 0.170. The highest BCUT2D eigenvalue weighted by atomic mass is 16.5. The maximum absolute atomic E-state index is 11.1. The summed E-state index contributed by atoms with van der Waals surface area (Å²) >= 11 is 0. The SMILES string of the molecule is O=C1CC(NCC2CCC3(CCCCC3)O2)CN1. The molecule has 0 bridgehead atoms. The zero-order valence-corrected chi connectivity index (χ0v) is 11.0. The Kier molecular flexibility index (Phi) is 3.57. The van der Waals surface area contributed by atoms with Crippen molar-refractivity contribution in [2.75, 3.05) is 13.1 Å². The number of ether oxygens (including phenoxy) is 1. The lowest BCUT2D eigenvalue weighted by molar-refractivity contribution is -0.119. The molecule has 0 aromatic rings. The number of hydrogen-bond acceptors (Lipinski definition) is 3. The molecule has 4 nitrogen and oxygen atoms in total. The molecule has 2 N–H and O–H groups in total. The Bertz CT molecular complexity index is 313. The van der Waals surface area contributed by atoms with E-state index in [2.05, 4.69) is 10.6 Å². The van der Waals surface area contributed by atoms with E-state index >= 15 is 0 Å². The Balaban J connectivity index is 1.43. The molecule has 2 unspecified atom stereocenters. The van der Waals surface area contributed by atoms with E-state index in [-0.39, 0.29) is 11.5 Å². The number of hydrogen-bond donors (Lipinski definition) is 2. The number of rotatable bonds is 3. The van der Waals surface area contributed by atoms with Crippen LogP contribution in [0.5, 0.6) is 0 Å². The van der Waals surface area contributed by atoms with Crippen molar-refractivity contribution in [3.63, 3.8) is 0 Å². The second-order valence-corrected chi connectivity index (χ2v) is 6.14. The number of carbonyl (C=O) groups excluding carboxylic acids is 1. The molecule has 0 aromatic carbocycles. The minimum absolute atomic E-state index is 0.170. The van der Waals surface area contributed by atoms with Crippen molar-refractivity contribution in [3.8, 4) is 0 Å². The first kappa shape index (κ1) is 12.4. The minimum atomic E-state index is 0.170. The molecule has 1 aliphatic carbocycles. The third-order valence-corrected chi connectivity index (χ3v) is 4.72. The third kappa shape index (κ3) is 2.69. The zero-order valence-electron chi connectivity index (χ0n) is 11.0. The van der Waals surface area contributed by atoms with Gasteiger partial charge in [-0.05, 0) is 25.7 Å². The van der Waals surface area contributed by atoms with Crippen LogP contribution < -0.4 is 10.6 Å². The molecule has 3 fully saturated rings. The predicted octanol–water partition coefficient (Wildman–Crippen LogP) is 1.35. The molecule has 2 atom stereocenters. The first-order valence-electron chi connectivity index (χ1n) is 7.44. The summed E-state index contributed by atoms with van der Waals surface area (Å²) in [6, 6.07) is 0.309. The van der Waals surface area contributed by atoms with Gasteiger partial charge in [-0.1, -0.05) is 19.3 Å². The summed E-state index contributed by atoms with van der Waals surface area (Å²) in [6.07, 6.45) is 9.96. The average molecular weight is 252 g/mol. The molecule has 0 radical (unpaired) electrons. The van der Waals surface area contributed by atoms with Gasteiger partial charge in [0.2, 0.25) is 5.91 Å². The van der Waals surface area contributed by atoms with E-state index in [0.717, 1.165) is 13.1 Å². The summed E-state index contributed by atoms with van der Waals surface area (Å²) in [5, 5.41) is 6.33. The Labute approximate surface area is 109 Å². The van der Waals surface area contributed by atoms with Gasteiger partial charge in [-0.15, -0.1) is 0 Å². The Hall–Kier alpha value is -0.610. The lowest BCUT2D eigenvalue weighted by Gasteiger charge is -2.33. The molecule has 18 heavy (non-hydrogen) atoms. The molecule has 1 saturated carbocycles. The summed E-state index contributed by atoms with van der Waals surface area (Å²) in [5.41, 5.74) is 0.217. The Morgan fingerprint density at radius 3 is 2.83 bits per heavy atom. The van der Waals surface area contributed by atoms with Crippen molar-refractivity contribution in [2.24, 2.45) is 0 Å². The van der Waals surface area contributed by atoms with Crippen molar-refractivity contribution in [2.45, 2.75) is 69.1 Å². The minimum Gasteiger partial charge on any atom is -0.370 e. The molecule has 2 aliphatic heterocycles. The average Bonchev–Trinajstić information content (AvgIpc) is 2.96. The molecule has 3 rings (SSSR count). The van der Waals surface area contributed by atoms with E-state index in [1.807, 2.05) is 0 Å². The number of amides is 1. The first-order valence-corrected chi connectivity index (χ1v) is 7.44. The fourth-order valence-corrected chi connectivity index (χ4v) is 3.65. The summed E-state index contributed by atoms with van der Waals surface area (Å²) in [6.45, 7) is 1.68. The molecule has 1 spiro atoms. The van der Waals surface area contributed by atoms with Crippen LogP contribution in [0.3, 0.4) is 0 Å². The lowest BCUT2D eigenvalue weighted by atomic mass is 9.83. The monoisotopic (exact) mass is 252 g/mol. The van der Waals surface area contributed by atoms with Gasteiger partial charge in [-0.3, -0.25) is 4.79 Å². The van der Waals surface area contributed by atoms with E-state index in [4.69, 9.17) is 4.74 Å². The van der Waals surface area contributed by atoms with Gasteiger partial charge in [0.25, 0.3) is 0 Å². The normalized spacial score (nSPS) is 35.0. The molecular formula is C14H24N2O2. The standard InChI is InChI=1S/C14H24N2O2/c17-13-8-11(9-16-13)15-10-12-4-7-14(18-12)5-2-1-3-6-14/h11-12,15H,1-10H2,(H,16,17). The highest BCUT2D eigenvalue weighted by Crippen LogP contribution is 2.41. The number of carbonyl (C=O) groups is 1.